The first-order valence-electron chi connectivity index (χ1n) is 6.31. The Bertz CT molecular complexity index is 553. The van der Waals surface area contributed by atoms with Gasteiger partial charge >= 0.3 is 0 Å². The van der Waals surface area contributed by atoms with Gasteiger partial charge in [-0.1, -0.05) is 6.07 Å². The highest BCUT2D eigenvalue weighted by atomic mass is 35.7. The van der Waals surface area contributed by atoms with Crippen molar-refractivity contribution < 1.29 is 17.9 Å². The molecular formula is C13H17ClO4S2. The zero-order chi connectivity index (χ0) is 14.6. The van der Waals surface area contributed by atoms with Crippen molar-refractivity contribution in [3.63, 3.8) is 0 Å². The average molecular weight is 337 g/mol. The van der Waals surface area contributed by atoms with E-state index < -0.39 is 9.05 Å². The Labute approximate surface area is 128 Å². The molecule has 1 aliphatic rings. The summed E-state index contributed by atoms with van der Waals surface area (Å²) in [5, 5.41) is 0. The third kappa shape index (κ3) is 4.75. The second kappa shape index (κ2) is 6.91. The first-order valence-corrected chi connectivity index (χ1v) is 9.95. The third-order valence-electron chi connectivity index (χ3n) is 2.98. The Morgan fingerprint density at radius 1 is 1.40 bits per heavy atom. The van der Waals surface area contributed by atoms with Crippen LogP contribution >= 0.6 is 22.4 Å². The zero-order valence-electron chi connectivity index (χ0n) is 11.2. The summed E-state index contributed by atoms with van der Waals surface area (Å²) < 4.78 is 33.5. The summed E-state index contributed by atoms with van der Waals surface area (Å²) in [4.78, 5) is 0. The van der Waals surface area contributed by atoms with Gasteiger partial charge in [0.05, 0.1) is 12.9 Å². The lowest BCUT2D eigenvalue weighted by atomic mass is 10.2. The molecule has 0 spiro atoms. The quantitative estimate of drug-likeness (QED) is 0.773. The monoisotopic (exact) mass is 336 g/mol. The SMILES string of the molecule is COc1ccc(CS(=O)(=O)Cl)cc1OC1CCCSC1. The van der Waals surface area contributed by atoms with E-state index in [2.05, 4.69) is 0 Å². The van der Waals surface area contributed by atoms with Crippen LogP contribution in [0.5, 0.6) is 11.5 Å². The normalized spacial score (nSPS) is 19.6. The molecule has 1 aromatic rings. The molecule has 0 amide bonds. The molecule has 1 aliphatic heterocycles. The van der Waals surface area contributed by atoms with Crippen molar-refractivity contribution in [2.45, 2.75) is 24.7 Å². The maximum Gasteiger partial charge on any atom is 0.236 e. The summed E-state index contributed by atoms with van der Waals surface area (Å²) in [6.07, 6.45) is 2.28. The van der Waals surface area contributed by atoms with Crippen LogP contribution in [0.15, 0.2) is 18.2 Å². The predicted molar refractivity (Wildman–Crippen MR) is 82.4 cm³/mol. The smallest absolute Gasteiger partial charge is 0.236 e. The number of halogens is 1. The van der Waals surface area contributed by atoms with Crippen LogP contribution in [0.3, 0.4) is 0 Å². The Morgan fingerprint density at radius 3 is 2.80 bits per heavy atom. The fourth-order valence-electron chi connectivity index (χ4n) is 2.09. The average Bonchev–Trinajstić information content (AvgIpc) is 2.38. The first kappa shape index (κ1) is 15.8. The number of methoxy groups -OCH3 is 1. The molecule has 7 heteroatoms. The van der Waals surface area contributed by atoms with Crippen LogP contribution in [0.4, 0.5) is 0 Å². The molecule has 0 saturated carbocycles. The summed E-state index contributed by atoms with van der Waals surface area (Å²) in [6.45, 7) is 0. The second-order valence-corrected chi connectivity index (χ2v) is 8.55. The number of hydrogen-bond donors (Lipinski definition) is 0. The number of benzene rings is 1. The number of ether oxygens (including phenoxy) is 2. The molecule has 20 heavy (non-hydrogen) atoms. The number of hydrogen-bond acceptors (Lipinski definition) is 5. The minimum Gasteiger partial charge on any atom is -0.493 e. The van der Waals surface area contributed by atoms with E-state index in [0.717, 1.165) is 18.6 Å². The number of rotatable bonds is 5. The highest BCUT2D eigenvalue weighted by Crippen LogP contribution is 2.32. The largest absolute Gasteiger partial charge is 0.493 e. The zero-order valence-corrected chi connectivity index (χ0v) is 13.6. The summed E-state index contributed by atoms with van der Waals surface area (Å²) in [5.74, 6) is 3.09. The molecule has 0 radical (unpaired) electrons. The van der Waals surface area contributed by atoms with Gasteiger partial charge in [0.2, 0.25) is 9.05 Å². The summed E-state index contributed by atoms with van der Waals surface area (Å²) in [6, 6.07) is 5.09. The van der Waals surface area contributed by atoms with Crippen molar-refractivity contribution in [3.05, 3.63) is 23.8 Å². The lowest BCUT2D eigenvalue weighted by Gasteiger charge is -2.24. The van der Waals surface area contributed by atoms with Gasteiger partial charge in [0, 0.05) is 16.4 Å². The van der Waals surface area contributed by atoms with Crippen molar-refractivity contribution in [1.82, 2.24) is 0 Å². The van der Waals surface area contributed by atoms with Crippen molar-refractivity contribution in [2.75, 3.05) is 18.6 Å². The second-order valence-electron chi connectivity index (χ2n) is 4.63. The minimum atomic E-state index is -3.57. The van der Waals surface area contributed by atoms with E-state index in [1.54, 1.807) is 25.3 Å². The van der Waals surface area contributed by atoms with Crippen molar-refractivity contribution in [3.8, 4) is 11.5 Å². The van der Waals surface area contributed by atoms with Gasteiger partial charge in [-0.05, 0) is 36.3 Å². The Kier molecular flexibility index (Phi) is 5.46. The lowest BCUT2D eigenvalue weighted by Crippen LogP contribution is -2.23. The molecule has 1 atom stereocenters. The molecule has 0 N–H and O–H groups in total. The highest BCUT2D eigenvalue weighted by molar-refractivity contribution is 8.13. The molecule has 1 fully saturated rings. The molecule has 1 saturated heterocycles. The van der Waals surface area contributed by atoms with Crippen LogP contribution in [0, 0.1) is 0 Å². The highest BCUT2D eigenvalue weighted by Gasteiger charge is 2.18. The molecule has 0 aliphatic carbocycles. The van der Waals surface area contributed by atoms with Gasteiger partial charge in [-0.2, -0.15) is 11.8 Å². The van der Waals surface area contributed by atoms with Crippen LogP contribution in [0.2, 0.25) is 0 Å². The van der Waals surface area contributed by atoms with Crippen molar-refractivity contribution >= 4 is 31.5 Å². The number of thioether (sulfide) groups is 1. The van der Waals surface area contributed by atoms with Crippen LogP contribution in [-0.2, 0) is 14.8 Å². The fourth-order valence-corrected chi connectivity index (χ4v) is 4.08. The summed E-state index contributed by atoms with van der Waals surface area (Å²) in [5.41, 5.74) is 0.597. The molecule has 2 rings (SSSR count). The Balaban J connectivity index is 2.17. The van der Waals surface area contributed by atoms with Crippen LogP contribution in [0.1, 0.15) is 18.4 Å². The molecule has 1 aromatic carbocycles. The minimum absolute atomic E-state index is 0.144. The van der Waals surface area contributed by atoms with E-state index in [0.29, 0.717) is 17.1 Å². The van der Waals surface area contributed by atoms with Crippen LogP contribution < -0.4 is 9.47 Å². The lowest BCUT2D eigenvalue weighted by molar-refractivity contribution is 0.202. The van der Waals surface area contributed by atoms with Gasteiger partial charge in [-0.25, -0.2) is 8.42 Å². The van der Waals surface area contributed by atoms with E-state index in [1.807, 2.05) is 11.8 Å². The van der Waals surface area contributed by atoms with Gasteiger partial charge in [0.15, 0.2) is 11.5 Å². The Morgan fingerprint density at radius 2 is 2.20 bits per heavy atom. The van der Waals surface area contributed by atoms with E-state index in [4.69, 9.17) is 20.2 Å². The molecule has 1 heterocycles. The maximum absolute atomic E-state index is 11.1. The molecule has 1 unspecified atom stereocenters. The van der Waals surface area contributed by atoms with Crippen molar-refractivity contribution in [2.24, 2.45) is 0 Å². The van der Waals surface area contributed by atoms with Crippen LogP contribution in [-0.4, -0.2) is 33.1 Å². The van der Waals surface area contributed by atoms with Gasteiger partial charge in [0.25, 0.3) is 0 Å². The summed E-state index contributed by atoms with van der Waals surface area (Å²) >= 11 is 1.87. The molecule has 0 bridgehead atoms. The molecule has 112 valence electrons. The van der Waals surface area contributed by atoms with Gasteiger partial charge < -0.3 is 9.47 Å². The Hall–Kier alpha value is -0.590. The van der Waals surface area contributed by atoms with Gasteiger partial charge in [0.1, 0.15) is 6.10 Å². The topological polar surface area (TPSA) is 52.6 Å². The van der Waals surface area contributed by atoms with E-state index in [9.17, 15) is 8.42 Å². The van der Waals surface area contributed by atoms with Gasteiger partial charge in [-0.15, -0.1) is 0 Å². The fraction of sp³-hybridized carbons (Fsp3) is 0.538. The maximum atomic E-state index is 11.1. The molecular weight excluding hydrogens is 320 g/mol. The van der Waals surface area contributed by atoms with Crippen molar-refractivity contribution in [1.29, 1.82) is 0 Å². The first-order chi connectivity index (χ1) is 9.48. The van der Waals surface area contributed by atoms with E-state index >= 15 is 0 Å². The van der Waals surface area contributed by atoms with Gasteiger partial charge in [-0.3, -0.25) is 0 Å². The molecule has 0 aromatic heterocycles. The van der Waals surface area contributed by atoms with Crippen LogP contribution in [0.25, 0.3) is 0 Å². The predicted octanol–water partition coefficient (Wildman–Crippen LogP) is 3.04. The third-order valence-corrected chi connectivity index (χ3v) is 5.17. The van der Waals surface area contributed by atoms with E-state index in [1.165, 1.54) is 5.75 Å². The van der Waals surface area contributed by atoms with E-state index in [-0.39, 0.29) is 11.9 Å². The standard InChI is InChI=1S/C13H17ClO4S2/c1-17-12-5-4-10(9-20(14,15)16)7-13(12)18-11-3-2-6-19-8-11/h4-5,7,11H,2-3,6,8-9H2,1H3. The molecule has 4 nitrogen and oxygen atoms in total. The summed E-state index contributed by atoms with van der Waals surface area (Å²) in [7, 11) is 3.27.